The maximum absolute atomic E-state index is 13.1. The van der Waals surface area contributed by atoms with E-state index in [2.05, 4.69) is 10.2 Å². The van der Waals surface area contributed by atoms with Crippen LogP contribution in [0.15, 0.2) is 53.9 Å². The molecule has 2 aromatic carbocycles. The van der Waals surface area contributed by atoms with Gasteiger partial charge in [-0.25, -0.2) is 14.8 Å². The predicted molar refractivity (Wildman–Crippen MR) is 136 cm³/mol. The first kappa shape index (κ1) is 22.3. The second-order valence-electron chi connectivity index (χ2n) is 8.05. The predicted octanol–water partition coefficient (Wildman–Crippen LogP) is 5.42. The molecule has 4 aromatic rings. The summed E-state index contributed by atoms with van der Waals surface area (Å²) in [5.74, 6) is 1.01. The molecule has 2 aromatic heterocycles. The Balaban J connectivity index is 1.60. The summed E-state index contributed by atoms with van der Waals surface area (Å²) in [6, 6.07) is 15.9. The van der Waals surface area contributed by atoms with Crippen molar-refractivity contribution < 1.29 is 14.3 Å². The first-order valence-corrected chi connectivity index (χ1v) is 12.2. The Morgan fingerprint density at radius 1 is 1.09 bits per heavy atom. The van der Waals surface area contributed by atoms with Crippen LogP contribution in [-0.4, -0.2) is 48.8 Å². The van der Waals surface area contributed by atoms with Crippen LogP contribution in [0.4, 0.5) is 16.6 Å². The highest BCUT2D eigenvalue weighted by atomic mass is 32.1. The molecular formula is C26H26N4O3S. The standard InChI is InChI=1S/C26H26N4O3S/c1-3-33-26(31)22-19(18-10-8-17(2)9-11-18)16-34-25(22)29-23-24(30-12-14-32-15-13-30)28-21-7-5-4-6-20(21)27-23/h4-11,16H,3,12-15H2,1-2H3,(H,27,29). The Labute approximate surface area is 202 Å². The number of aromatic nitrogens is 2. The Morgan fingerprint density at radius 3 is 2.50 bits per heavy atom. The molecule has 3 heterocycles. The van der Waals surface area contributed by atoms with E-state index in [1.165, 1.54) is 11.3 Å². The third-order valence-electron chi connectivity index (χ3n) is 5.73. The number of ether oxygens (including phenoxy) is 2. The lowest BCUT2D eigenvalue weighted by Crippen LogP contribution is -2.37. The number of fused-ring (bicyclic) bond motifs is 1. The molecule has 34 heavy (non-hydrogen) atoms. The number of anilines is 3. The Hall–Kier alpha value is -3.49. The number of aryl methyl sites for hydroxylation is 1. The fraction of sp³-hybridized carbons (Fsp3) is 0.269. The zero-order valence-electron chi connectivity index (χ0n) is 19.2. The van der Waals surface area contributed by atoms with Crippen molar-refractivity contribution in [1.29, 1.82) is 0 Å². The first-order chi connectivity index (χ1) is 16.6. The normalized spacial score (nSPS) is 13.8. The largest absolute Gasteiger partial charge is 0.462 e. The van der Waals surface area contributed by atoms with Crippen LogP contribution in [0.5, 0.6) is 0 Å². The number of para-hydroxylation sites is 2. The monoisotopic (exact) mass is 474 g/mol. The van der Waals surface area contributed by atoms with E-state index in [1.807, 2.05) is 67.8 Å². The molecule has 0 unspecified atom stereocenters. The fourth-order valence-corrected chi connectivity index (χ4v) is 4.94. The molecule has 0 radical (unpaired) electrons. The summed E-state index contributed by atoms with van der Waals surface area (Å²) in [5.41, 5.74) is 5.10. The highest BCUT2D eigenvalue weighted by Gasteiger charge is 2.25. The maximum Gasteiger partial charge on any atom is 0.341 e. The van der Waals surface area contributed by atoms with Gasteiger partial charge >= 0.3 is 5.97 Å². The number of thiophene rings is 1. The number of rotatable bonds is 6. The Bertz CT molecular complexity index is 1310. The number of hydrogen-bond donors (Lipinski definition) is 1. The van der Waals surface area contributed by atoms with E-state index in [1.54, 1.807) is 0 Å². The molecule has 7 nitrogen and oxygen atoms in total. The smallest absolute Gasteiger partial charge is 0.341 e. The van der Waals surface area contributed by atoms with E-state index in [9.17, 15) is 4.79 Å². The van der Waals surface area contributed by atoms with Gasteiger partial charge in [-0.1, -0.05) is 42.0 Å². The summed E-state index contributed by atoms with van der Waals surface area (Å²) >= 11 is 1.46. The maximum atomic E-state index is 13.1. The van der Waals surface area contributed by atoms with Crippen molar-refractivity contribution in [2.24, 2.45) is 0 Å². The minimum atomic E-state index is -0.358. The molecular weight excluding hydrogens is 448 g/mol. The van der Waals surface area contributed by atoms with E-state index in [-0.39, 0.29) is 5.97 Å². The number of carbonyl (C=O) groups excluding carboxylic acids is 1. The lowest BCUT2D eigenvalue weighted by molar-refractivity contribution is 0.0529. The van der Waals surface area contributed by atoms with Gasteiger partial charge in [0.15, 0.2) is 11.6 Å². The third-order valence-corrected chi connectivity index (χ3v) is 6.62. The molecule has 0 amide bonds. The van der Waals surface area contributed by atoms with Crippen molar-refractivity contribution in [1.82, 2.24) is 9.97 Å². The van der Waals surface area contributed by atoms with E-state index >= 15 is 0 Å². The number of nitrogens with one attached hydrogen (secondary N) is 1. The minimum absolute atomic E-state index is 0.302. The quantitative estimate of drug-likeness (QED) is 0.374. The average Bonchev–Trinajstić information content (AvgIpc) is 3.28. The highest BCUT2D eigenvalue weighted by Crippen LogP contribution is 2.39. The van der Waals surface area contributed by atoms with Crippen LogP contribution in [0.3, 0.4) is 0 Å². The molecule has 174 valence electrons. The van der Waals surface area contributed by atoms with Crippen molar-refractivity contribution in [3.63, 3.8) is 0 Å². The lowest BCUT2D eigenvalue weighted by atomic mass is 10.0. The number of carbonyl (C=O) groups is 1. The molecule has 1 aliphatic heterocycles. The Kier molecular flexibility index (Phi) is 6.42. The van der Waals surface area contributed by atoms with Crippen molar-refractivity contribution in [2.75, 3.05) is 43.1 Å². The second-order valence-corrected chi connectivity index (χ2v) is 8.93. The molecule has 1 fully saturated rings. The summed E-state index contributed by atoms with van der Waals surface area (Å²) < 4.78 is 11.0. The summed E-state index contributed by atoms with van der Waals surface area (Å²) in [6.07, 6.45) is 0. The molecule has 1 saturated heterocycles. The zero-order valence-corrected chi connectivity index (χ0v) is 20.0. The number of benzene rings is 2. The SMILES string of the molecule is CCOC(=O)c1c(-c2ccc(C)cc2)csc1Nc1nc2ccccc2nc1N1CCOCC1. The molecule has 1 aliphatic rings. The van der Waals surface area contributed by atoms with E-state index in [0.29, 0.717) is 36.2 Å². The van der Waals surface area contributed by atoms with Crippen LogP contribution in [-0.2, 0) is 9.47 Å². The van der Waals surface area contributed by atoms with Gasteiger partial charge in [0, 0.05) is 24.0 Å². The molecule has 0 spiro atoms. The van der Waals surface area contributed by atoms with Crippen molar-refractivity contribution in [2.45, 2.75) is 13.8 Å². The molecule has 0 atom stereocenters. The number of hydrogen-bond acceptors (Lipinski definition) is 8. The molecule has 0 bridgehead atoms. The van der Waals surface area contributed by atoms with Gasteiger partial charge in [0.25, 0.3) is 0 Å². The highest BCUT2D eigenvalue weighted by molar-refractivity contribution is 7.15. The second kappa shape index (κ2) is 9.79. The molecule has 5 rings (SSSR count). The van der Waals surface area contributed by atoms with Gasteiger partial charge in [-0.05, 0) is 31.5 Å². The van der Waals surface area contributed by atoms with Gasteiger partial charge < -0.3 is 19.7 Å². The Morgan fingerprint density at radius 2 is 1.79 bits per heavy atom. The van der Waals surface area contributed by atoms with Crippen LogP contribution in [0.1, 0.15) is 22.8 Å². The third kappa shape index (κ3) is 4.47. The number of nitrogens with zero attached hydrogens (tertiary/aromatic N) is 3. The molecule has 0 saturated carbocycles. The van der Waals surface area contributed by atoms with Crippen molar-refractivity contribution >= 4 is 45.0 Å². The van der Waals surface area contributed by atoms with E-state index in [4.69, 9.17) is 19.4 Å². The summed E-state index contributed by atoms with van der Waals surface area (Å²) in [4.78, 5) is 25.0. The number of morpholine rings is 1. The van der Waals surface area contributed by atoms with Crippen LogP contribution in [0, 0.1) is 6.92 Å². The lowest BCUT2D eigenvalue weighted by Gasteiger charge is -2.29. The fourth-order valence-electron chi connectivity index (χ4n) is 3.98. The van der Waals surface area contributed by atoms with Gasteiger partial charge in [0.1, 0.15) is 10.6 Å². The van der Waals surface area contributed by atoms with Gasteiger partial charge in [0.05, 0.1) is 30.9 Å². The van der Waals surface area contributed by atoms with Crippen molar-refractivity contribution in [3.05, 3.63) is 65.0 Å². The van der Waals surface area contributed by atoms with Gasteiger partial charge in [-0.3, -0.25) is 0 Å². The van der Waals surface area contributed by atoms with E-state index in [0.717, 1.165) is 46.6 Å². The van der Waals surface area contributed by atoms with Crippen LogP contribution < -0.4 is 10.2 Å². The van der Waals surface area contributed by atoms with E-state index < -0.39 is 0 Å². The molecule has 8 heteroatoms. The van der Waals surface area contributed by atoms with Gasteiger partial charge in [-0.15, -0.1) is 11.3 Å². The zero-order chi connectivity index (χ0) is 23.5. The van der Waals surface area contributed by atoms with Gasteiger partial charge in [0.2, 0.25) is 0 Å². The average molecular weight is 475 g/mol. The summed E-state index contributed by atoms with van der Waals surface area (Å²) in [5, 5.41) is 6.11. The summed E-state index contributed by atoms with van der Waals surface area (Å²) in [6.45, 7) is 6.89. The van der Waals surface area contributed by atoms with Gasteiger partial charge in [-0.2, -0.15) is 0 Å². The van der Waals surface area contributed by atoms with Crippen molar-refractivity contribution in [3.8, 4) is 11.1 Å². The summed E-state index contributed by atoms with van der Waals surface area (Å²) in [7, 11) is 0. The minimum Gasteiger partial charge on any atom is -0.462 e. The number of esters is 1. The van der Waals surface area contributed by atoms with Crippen LogP contribution in [0.25, 0.3) is 22.2 Å². The van der Waals surface area contributed by atoms with Crippen LogP contribution in [0.2, 0.25) is 0 Å². The molecule has 0 aliphatic carbocycles. The molecule has 1 N–H and O–H groups in total. The topological polar surface area (TPSA) is 76.6 Å². The first-order valence-electron chi connectivity index (χ1n) is 11.4. The van der Waals surface area contributed by atoms with Crippen LogP contribution >= 0.6 is 11.3 Å².